The molecule has 4 atom stereocenters. The van der Waals surface area contributed by atoms with Crippen molar-refractivity contribution in [3.63, 3.8) is 0 Å². The summed E-state index contributed by atoms with van der Waals surface area (Å²) in [6.07, 6.45) is -6.12. The summed E-state index contributed by atoms with van der Waals surface area (Å²) in [4.78, 5) is 58.2. The van der Waals surface area contributed by atoms with Crippen LogP contribution in [0.25, 0.3) is 0 Å². The highest BCUT2D eigenvalue weighted by molar-refractivity contribution is 8.17. The molecule has 0 aliphatic heterocycles. The van der Waals surface area contributed by atoms with Gasteiger partial charge in [0.2, 0.25) is 0 Å². The molecule has 0 aliphatic carbocycles. The van der Waals surface area contributed by atoms with Gasteiger partial charge in [0, 0.05) is 0 Å². The van der Waals surface area contributed by atoms with E-state index in [1.54, 1.807) is 121 Å². The molecule has 0 N–H and O–H groups in total. The lowest BCUT2D eigenvalue weighted by atomic mass is 9.80. The van der Waals surface area contributed by atoms with E-state index in [9.17, 15) is 19.2 Å². The van der Waals surface area contributed by atoms with Crippen molar-refractivity contribution in [1.29, 1.82) is 0 Å². The lowest BCUT2D eigenvalue weighted by Gasteiger charge is -2.41. The number of rotatable bonds is 22. The van der Waals surface area contributed by atoms with Crippen molar-refractivity contribution in [1.82, 2.24) is 0 Å². The molecule has 7 aromatic carbocycles. The normalized spacial score (nSPS) is 13.0. The van der Waals surface area contributed by atoms with Gasteiger partial charge in [-0.15, -0.1) is 23.5 Å². The van der Waals surface area contributed by atoms with Crippen LogP contribution in [0, 0.1) is 0 Å². The Hall–Kier alpha value is -6.92. The number of thioether (sulfide) groups is 2. The average molecular weight is 945 g/mol. The van der Waals surface area contributed by atoms with Crippen molar-refractivity contribution < 1.29 is 42.9 Å². The SMILES string of the molecule is CCSC(SCC)[C@H](OC(=O)c1ccccc1)[C@H](OC(=O)c1ccccc1)[C@@H](OC(=O)c1ccccc1)[C@H](COC(c1ccccc1)(c1ccccc1)c1ccccc1)OC(=O)c1ccccc1. The Balaban J connectivity index is 1.46. The predicted molar refractivity (Wildman–Crippen MR) is 268 cm³/mol. The third kappa shape index (κ3) is 12.3. The molecular weight excluding hydrogens is 893 g/mol. The summed E-state index contributed by atoms with van der Waals surface area (Å²) < 4.78 is 33.1. The van der Waals surface area contributed by atoms with Gasteiger partial charge in [0.15, 0.2) is 24.4 Å². The Morgan fingerprint density at radius 1 is 0.382 bits per heavy atom. The quantitative estimate of drug-likeness (QED) is 0.0280. The first kappa shape index (κ1) is 49.0. The summed E-state index contributed by atoms with van der Waals surface area (Å²) >= 11 is 2.95. The Morgan fingerprint density at radius 3 is 0.985 bits per heavy atom. The van der Waals surface area contributed by atoms with Crippen LogP contribution in [0.1, 0.15) is 72.0 Å². The second-order valence-electron chi connectivity index (χ2n) is 15.4. The monoisotopic (exact) mass is 944 g/mol. The highest BCUT2D eigenvalue weighted by atomic mass is 32.2. The van der Waals surface area contributed by atoms with E-state index in [-0.39, 0.29) is 22.3 Å². The number of hydrogen-bond acceptors (Lipinski definition) is 11. The number of esters is 4. The van der Waals surface area contributed by atoms with E-state index < -0.39 is 65.1 Å². The van der Waals surface area contributed by atoms with E-state index in [1.807, 2.05) is 105 Å². The standard InChI is InChI=1S/C57H52O9S2/c1-3-67-56(68-4-2)51(66-55(61)44-32-18-8-19-33-44)50(65-54(60)43-30-16-7-17-31-43)49(64-53(59)42-28-14-6-15-29-42)48(63-52(58)41-26-12-5-13-27-41)40-62-57(45-34-20-9-21-35-45,46-36-22-10-23-37-46)47-38-24-11-25-39-47/h5-39,48-51,56H,3-4,40H2,1-2H3/t48-,49-,50+,51+/m0/s1. The van der Waals surface area contributed by atoms with Gasteiger partial charge in [-0.25, -0.2) is 19.2 Å². The van der Waals surface area contributed by atoms with Gasteiger partial charge in [0.25, 0.3) is 0 Å². The van der Waals surface area contributed by atoms with Crippen LogP contribution in [0.2, 0.25) is 0 Å². The van der Waals surface area contributed by atoms with E-state index in [1.165, 1.54) is 23.5 Å². The number of carbonyl (C=O) groups excluding carboxylic acids is 4. The zero-order chi connectivity index (χ0) is 47.6. The molecule has 7 rings (SSSR count). The summed E-state index contributed by atoms with van der Waals surface area (Å²) in [6.45, 7) is 3.50. The topological polar surface area (TPSA) is 114 Å². The number of benzene rings is 7. The molecule has 0 aromatic heterocycles. The molecule has 0 radical (unpaired) electrons. The molecule has 0 heterocycles. The van der Waals surface area contributed by atoms with Crippen LogP contribution >= 0.6 is 23.5 Å². The van der Waals surface area contributed by atoms with E-state index in [0.29, 0.717) is 11.5 Å². The summed E-state index contributed by atoms with van der Waals surface area (Å²) in [5.41, 5.74) is 1.73. The zero-order valence-electron chi connectivity index (χ0n) is 37.7. The number of hydrogen-bond donors (Lipinski definition) is 0. The Bertz CT molecular complexity index is 2540. The minimum atomic E-state index is -1.67. The fraction of sp³-hybridized carbons (Fsp3) is 0.193. The second kappa shape index (κ2) is 24.7. The van der Waals surface area contributed by atoms with Crippen LogP contribution in [-0.2, 0) is 29.3 Å². The van der Waals surface area contributed by atoms with Crippen LogP contribution < -0.4 is 0 Å². The number of carbonyl (C=O) groups is 4. The molecule has 0 aliphatic rings. The fourth-order valence-electron chi connectivity index (χ4n) is 7.77. The van der Waals surface area contributed by atoms with Crippen molar-refractivity contribution in [3.8, 4) is 0 Å². The zero-order valence-corrected chi connectivity index (χ0v) is 39.3. The highest BCUT2D eigenvalue weighted by Gasteiger charge is 2.49. The fourth-order valence-corrected chi connectivity index (χ4v) is 10.4. The first-order valence-corrected chi connectivity index (χ1v) is 24.5. The maximum Gasteiger partial charge on any atom is 0.338 e. The van der Waals surface area contributed by atoms with Crippen LogP contribution in [-0.4, -0.2) is 71.0 Å². The maximum atomic E-state index is 14.7. The maximum absolute atomic E-state index is 14.7. The molecule has 0 unspecified atom stereocenters. The highest BCUT2D eigenvalue weighted by Crippen LogP contribution is 2.42. The summed E-state index contributed by atoms with van der Waals surface area (Å²) in [7, 11) is 0. The first-order chi connectivity index (χ1) is 33.3. The lowest BCUT2D eigenvalue weighted by Crippen LogP contribution is -2.56. The van der Waals surface area contributed by atoms with Gasteiger partial charge >= 0.3 is 23.9 Å². The molecule has 0 fully saturated rings. The molecule has 9 nitrogen and oxygen atoms in total. The largest absolute Gasteiger partial charge is 0.453 e. The molecule has 0 spiro atoms. The first-order valence-electron chi connectivity index (χ1n) is 22.4. The minimum Gasteiger partial charge on any atom is -0.453 e. The Kier molecular flexibility index (Phi) is 17.8. The van der Waals surface area contributed by atoms with Gasteiger partial charge < -0.3 is 23.7 Å². The third-order valence-corrected chi connectivity index (χ3v) is 13.7. The molecule has 68 heavy (non-hydrogen) atoms. The van der Waals surface area contributed by atoms with Gasteiger partial charge in [-0.2, -0.15) is 0 Å². The summed E-state index contributed by atoms with van der Waals surface area (Å²) in [5, 5.41) is 0. The molecule has 0 saturated heterocycles. The van der Waals surface area contributed by atoms with Gasteiger partial charge in [-0.3, -0.25) is 0 Å². The van der Waals surface area contributed by atoms with Crippen LogP contribution in [0.4, 0.5) is 0 Å². The van der Waals surface area contributed by atoms with E-state index in [0.717, 1.165) is 16.7 Å². The van der Waals surface area contributed by atoms with Crippen molar-refractivity contribution in [2.24, 2.45) is 0 Å². The van der Waals surface area contributed by atoms with Gasteiger partial charge in [0.1, 0.15) is 5.60 Å². The Morgan fingerprint density at radius 2 is 0.662 bits per heavy atom. The van der Waals surface area contributed by atoms with Crippen molar-refractivity contribution >= 4 is 47.4 Å². The van der Waals surface area contributed by atoms with E-state index >= 15 is 0 Å². The second-order valence-corrected chi connectivity index (χ2v) is 18.5. The molecule has 0 bridgehead atoms. The smallest absolute Gasteiger partial charge is 0.338 e. The van der Waals surface area contributed by atoms with Gasteiger partial charge in [-0.1, -0.05) is 178 Å². The molecule has 0 saturated carbocycles. The predicted octanol–water partition coefficient (Wildman–Crippen LogP) is 11.7. The average Bonchev–Trinajstić information content (AvgIpc) is 3.40. The van der Waals surface area contributed by atoms with E-state index in [4.69, 9.17) is 23.7 Å². The molecule has 0 amide bonds. The van der Waals surface area contributed by atoms with Crippen LogP contribution in [0.15, 0.2) is 212 Å². The van der Waals surface area contributed by atoms with Crippen molar-refractivity contribution in [3.05, 3.63) is 251 Å². The third-order valence-electron chi connectivity index (χ3n) is 11.0. The van der Waals surface area contributed by atoms with Crippen molar-refractivity contribution in [2.75, 3.05) is 18.1 Å². The molecule has 11 heteroatoms. The molecular formula is C57H52O9S2. The van der Waals surface area contributed by atoms with Crippen LogP contribution in [0.3, 0.4) is 0 Å². The van der Waals surface area contributed by atoms with E-state index in [2.05, 4.69) is 0 Å². The van der Waals surface area contributed by atoms with Crippen LogP contribution in [0.5, 0.6) is 0 Å². The molecule has 7 aromatic rings. The minimum absolute atomic E-state index is 0.173. The van der Waals surface area contributed by atoms with Crippen molar-refractivity contribution in [2.45, 2.75) is 48.4 Å². The van der Waals surface area contributed by atoms with Gasteiger partial charge in [-0.05, 0) is 76.7 Å². The summed E-state index contributed by atoms with van der Waals surface area (Å²) in [6, 6.07) is 62.5. The van der Waals surface area contributed by atoms with Gasteiger partial charge in [0.05, 0.1) is 33.4 Å². The summed E-state index contributed by atoms with van der Waals surface area (Å²) in [5.74, 6) is -1.91. The number of ether oxygens (including phenoxy) is 5. The molecule has 346 valence electrons. The lowest BCUT2D eigenvalue weighted by molar-refractivity contribution is -0.142. The Labute approximate surface area is 406 Å².